The predicted octanol–water partition coefficient (Wildman–Crippen LogP) is 3.68. The highest BCUT2D eigenvalue weighted by Crippen LogP contribution is 2.04. The Kier molecular flexibility index (Phi) is 13.9. The van der Waals surface area contributed by atoms with E-state index >= 15 is 0 Å². The summed E-state index contributed by atoms with van der Waals surface area (Å²) >= 11 is 0. The number of unbranched alkanes of at least 4 members (excludes halogenated alkanes) is 2. The van der Waals surface area contributed by atoms with Crippen LogP contribution in [0.5, 0.6) is 0 Å². The zero-order valence-electron chi connectivity index (χ0n) is 12.3. The van der Waals surface area contributed by atoms with Crippen molar-refractivity contribution in [1.29, 1.82) is 0 Å². The van der Waals surface area contributed by atoms with E-state index in [1.54, 1.807) is 6.08 Å². The van der Waals surface area contributed by atoms with Gasteiger partial charge in [-0.2, -0.15) is 0 Å². The summed E-state index contributed by atoms with van der Waals surface area (Å²) < 4.78 is 5.52. The summed E-state index contributed by atoms with van der Waals surface area (Å²) in [6.45, 7) is 6.55. The normalized spacial score (nSPS) is 12.8. The van der Waals surface area contributed by atoms with Crippen molar-refractivity contribution in [1.82, 2.24) is 0 Å². The number of nitrogens with zero attached hydrogens (tertiary/aromatic N) is 1. The molecule has 0 amide bonds. The summed E-state index contributed by atoms with van der Waals surface area (Å²) in [6, 6.07) is 0. The van der Waals surface area contributed by atoms with Crippen molar-refractivity contribution in [3.63, 3.8) is 0 Å². The lowest BCUT2D eigenvalue weighted by atomic mass is 10.2. The fraction of sp³-hybridized carbons (Fsp3) is 0.438. The number of hydrogen-bond acceptors (Lipinski definition) is 4. The number of ether oxygens (including phenoxy) is 1. The fourth-order valence-corrected chi connectivity index (χ4v) is 1.36. The van der Waals surface area contributed by atoms with E-state index < -0.39 is 0 Å². The lowest BCUT2D eigenvalue weighted by molar-refractivity contribution is 0.103. The van der Waals surface area contributed by atoms with E-state index in [-0.39, 0.29) is 0 Å². The second-order valence-corrected chi connectivity index (χ2v) is 4.07. The minimum Gasteiger partial charge on any atom is -0.405 e. The molecular weight excluding hydrogens is 252 g/mol. The van der Waals surface area contributed by atoms with Gasteiger partial charge in [-0.25, -0.2) is 0 Å². The molecule has 0 bridgehead atoms. The molecule has 2 N–H and O–H groups in total. The zero-order chi connectivity index (χ0) is 14.9. The summed E-state index contributed by atoms with van der Waals surface area (Å²) in [4.78, 5) is 5.06. The minimum absolute atomic E-state index is 0.433. The molecule has 0 atom stereocenters. The highest BCUT2D eigenvalue weighted by Gasteiger charge is 1.98. The molecule has 0 unspecified atom stereocenters. The molecule has 0 aromatic heterocycles. The Hall–Kier alpha value is -1.81. The van der Waals surface area contributed by atoms with Crippen molar-refractivity contribution in [3.8, 4) is 0 Å². The Morgan fingerprint density at radius 2 is 2.00 bits per heavy atom. The third kappa shape index (κ3) is 12.6. The Labute approximate surface area is 122 Å². The molecule has 20 heavy (non-hydrogen) atoms. The summed E-state index contributed by atoms with van der Waals surface area (Å²) in [5.74, 6) is 0.727. The van der Waals surface area contributed by atoms with Crippen molar-refractivity contribution in [3.05, 3.63) is 48.4 Å². The van der Waals surface area contributed by atoms with Gasteiger partial charge in [-0.1, -0.05) is 42.8 Å². The maximum Gasteiger partial charge on any atom is 0.156 e. The Morgan fingerprint density at radius 3 is 2.70 bits per heavy atom. The predicted molar refractivity (Wildman–Crippen MR) is 85.3 cm³/mol. The summed E-state index contributed by atoms with van der Waals surface area (Å²) in [5.41, 5.74) is 5.20. The van der Waals surface area contributed by atoms with Crippen molar-refractivity contribution < 1.29 is 9.57 Å². The van der Waals surface area contributed by atoms with Crippen LogP contribution >= 0.6 is 0 Å². The summed E-state index contributed by atoms with van der Waals surface area (Å²) in [6.07, 6.45) is 17.2. The molecule has 4 heteroatoms. The van der Waals surface area contributed by atoms with Gasteiger partial charge in [0.25, 0.3) is 0 Å². The smallest absolute Gasteiger partial charge is 0.156 e. The molecule has 0 saturated carbocycles. The Bertz CT molecular complexity index is 344. The van der Waals surface area contributed by atoms with Crippen LogP contribution in [0.3, 0.4) is 0 Å². The largest absolute Gasteiger partial charge is 0.405 e. The Morgan fingerprint density at radius 1 is 1.20 bits per heavy atom. The van der Waals surface area contributed by atoms with Gasteiger partial charge in [-0.15, -0.1) is 0 Å². The van der Waals surface area contributed by atoms with E-state index in [4.69, 9.17) is 15.3 Å². The molecule has 0 aliphatic rings. The van der Waals surface area contributed by atoms with Crippen molar-refractivity contribution in [2.75, 3.05) is 13.2 Å². The van der Waals surface area contributed by atoms with E-state index in [2.05, 4.69) is 18.8 Å². The van der Waals surface area contributed by atoms with Gasteiger partial charge in [0, 0.05) is 6.72 Å². The SMILES string of the molecule is C=NO/C(=C\CCCC)COCC/C=C/C=C\C=C/N. The molecule has 0 spiro atoms. The topological polar surface area (TPSA) is 56.8 Å². The van der Waals surface area contributed by atoms with Gasteiger partial charge < -0.3 is 15.3 Å². The molecule has 0 heterocycles. The van der Waals surface area contributed by atoms with Crippen LogP contribution in [-0.2, 0) is 9.57 Å². The number of nitrogens with two attached hydrogens (primary N) is 1. The molecule has 0 aliphatic heterocycles. The number of allylic oxidation sites excluding steroid dienone is 5. The van der Waals surface area contributed by atoms with Gasteiger partial charge >= 0.3 is 0 Å². The van der Waals surface area contributed by atoms with Crippen molar-refractivity contribution in [2.24, 2.45) is 10.9 Å². The third-order valence-electron chi connectivity index (χ3n) is 2.37. The second kappa shape index (κ2) is 15.2. The van der Waals surface area contributed by atoms with E-state index in [1.807, 2.05) is 30.4 Å². The summed E-state index contributed by atoms with van der Waals surface area (Å²) in [7, 11) is 0. The minimum atomic E-state index is 0.433. The van der Waals surface area contributed by atoms with Crippen LogP contribution in [0.15, 0.2) is 53.6 Å². The maximum atomic E-state index is 5.52. The molecule has 0 radical (unpaired) electrons. The lowest BCUT2D eigenvalue weighted by Crippen LogP contribution is -2.01. The van der Waals surface area contributed by atoms with Crippen LogP contribution in [0.2, 0.25) is 0 Å². The zero-order valence-corrected chi connectivity index (χ0v) is 12.3. The lowest BCUT2D eigenvalue weighted by Gasteiger charge is -2.05. The third-order valence-corrected chi connectivity index (χ3v) is 2.37. The molecule has 0 saturated heterocycles. The van der Waals surface area contributed by atoms with Crippen LogP contribution in [0.1, 0.15) is 32.6 Å². The van der Waals surface area contributed by atoms with Gasteiger partial charge in [-0.3, -0.25) is 0 Å². The first-order valence-corrected chi connectivity index (χ1v) is 6.95. The van der Waals surface area contributed by atoms with Gasteiger partial charge in [0.05, 0.1) is 6.61 Å². The number of hydrogen-bond donors (Lipinski definition) is 1. The number of rotatable bonds is 12. The fourth-order valence-electron chi connectivity index (χ4n) is 1.36. The van der Waals surface area contributed by atoms with Crippen molar-refractivity contribution >= 4 is 6.72 Å². The Balaban J connectivity index is 3.77. The quantitative estimate of drug-likeness (QED) is 0.195. The van der Waals surface area contributed by atoms with Crippen LogP contribution in [-0.4, -0.2) is 19.9 Å². The molecular formula is C16H26N2O2. The van der Waals surface area contributed by atoms with Gasteiger partial charge in [0.2, 0.25) is 0 Å². The first-order valence-electron chi connectivity index (χ1n) is 6.95. The van der Waals surface area contributed by atoms with Crippen LogP contribution in [0.25, 0.3) is 0 Å². The van der Waals surface area contributed by atoms with E-state index in [1.165, 1.54) is 6.20 Å². The van der Waals surface area contributed by atoms with Crippen molar-refractivity contribution in [2.45, 2.75) is 32.6 Å². The molecule has 0 aromatic rings. The highest BCUT2D eigenvalue weighted by atomic mass is 16.6. The standard InChI is InChI=1S/C16H26N2O2/c1-3-4-9-12-16(20-18-2)15-19-14-11-8-6-5-7-10-13-17/h5-8,10,12-13H,2-4,9,11,14-15,17H2,1H3/b7-5-,8-6+,13-10-,16-12-. The molecule has 0 aromatic carbocycles. The molecule has 112 valence electrons. The van der Waals surface area contributed by atoms with Gasteiger partial charge in [0.1, 0.15) is 6.61 Å². The monoisotopic (exact) mass is 278 g/mol. The highest BCUT2D eigenvalue weighted by molar-refractivity contribution is 5.21. The van der Waals surface area contributed by atoms with Crippen LogP contribution in [0, 0.1) is 0 Å². The first kappa shape index (κ1) is 18.2. The van der Waals surface area contributed by atoms with E-state index in [0.29, 0.717) is 13.2 Å². The van der Waals surface area contributed by atoms with Gasteiger partial charge in [-0.05, 0) is 37.6 Å². The van der Waals surface area contributed by atoms with E-state index in [0.717, 1.165) is 31.4 Å². The maximum absolute atomic E-state index is 5.52. The summed E-state index contributed by atoms with van der Waals surface area (Å²) in [5, 5.41) is 3.43. The average molecular weight is 278 g/mol. The second-order valence-electron chi connectivity index (χ2n) is 4.07. The molecule has 0 fully saturated rings. The van der Waals surface area contributed by atoms with Crippen LogP contribution in [0.4, 0.5) is 0 Å². The average Bonchev–Trinajstić information content (AvgIpc) is 2.45. The molecule has 4 nitrogen and oxygen atoms in total. The first-order chi connectivity index (χ1) is 9.85. The molecule has 0 rings (SSSR count). The van der Waals surface area contributed by atoms with Gasteiger partial charge in [0.15, 0.2) is 5.76 Å². The number of oxime groups is 1. The van der Waals surface area contributed by atoms with Crippen LogP contribution < -0.4 is 5.73 Å². The molecule has 0 aliphatic carbocycles. The van der Waals surface area contributed by atoms with E-state index in [9.17, 15) is 0 Å².